The molecule has 0 bridgehead atoms. The van der Waals surface area contributed by atoms with Crippen LogP contribution in [0.4, 0.5) is 4.79 Å². The third-order valence-electron chi connectivity index (χ3n) is 6.53. The van der Waals surface area contributed by atoms with Crippen molar-refractivity contribution in [2.45, 2.75) is 71.4 Å². The van der Waals surface area contributed by atoms with Crippen molar-refractivity contribution < 1.29 is 14.4 Å². The Bertz CT molecular complexity index is 774. The Morgan fingerprint density at radius 1 is 1.24 bits per heavy atom. The largest absolute Gasteiger partial charge is 0.347 e. The number of rotatable bonds is 6. The molecule has 29 heavy (non-hydrogen) atoms. The van der Waals surface area contributed by atoms with Gasteiger partial charge in [0.1, 0.15) is 12.1 Å². The van der Waals surface area contributed by atoms with Crippen molar-refractivity contribution in [3.05, 3.63) is 35.4 Å². The minimum absolute atomic E-state index is 0.0845. The van der Waals surface area contributed by atoms with E-state index in [2.05, 4.69) is 29.7 Å². The molecule has 1 aliphatic heterocycles. The monoisotopic (exact) mass is 399 g/mol. The van der Waals surface area contributed by atoms with Gasteiger partial charge in [0.05, 0.1) is 6.04 Å². The number of carbonyl (C=O) groups is 3. The van der Waals surface area contributed by atoms with Crippen LogP contribution in [0, 0.1) is 11.8 Å². The lowest BCUT2D eigenvalue weighted by Gasteiger charge is -2.36. The van der Waals surface area contributed by atoms with Crippen LogP contribution in [0.2, 0.25) is 0 Å². The molecule has 1 saturated heterocycles. The van der Waals surface area contributed by atoms with Crippen LogP contribution in [0.1, 0.15) is 70.5 Å². The normalized spacial score (nSPS) is 25.4. The molecule has 1 aromatic carbocycles. The fraction of sp³-hybridized carbons (Fsp3) is 0.609. The number of hydrogen-bond donors (Lipinski definition) is 2. The van der Waals surface area contributed by atoms with Gasteiger partial charge in [-0.3, -0.25) is 14.5 Å². The SMILES string of the molecule is CCc1ccc(C(NC(=O)CN2C(=O)NC3(CCCCC3C)C2=O)C(C)C)cc1. The fourth-order valence-corrected chi connectivity index (χ4v) is 4.60. The molecule has 2 aliphatic rings. The molecule has 1 aromatic rings. The standard InChI is InChI=1S/C23H33N3O3/c1-5-17-9-11-18(12-10-17)20(15(2)3)24-19(27)14-26-21(28)23(25-22(26)29)13-7-6-8-16(23)4/h9-12,15-16,20H,5-8,13-14H2,1-4H3,(H,24,27)(H,25,29). The van der Waals surface area contributed by atoms with E-state index in [1.54, 1.807) is 0 Å². The van der Waals surface area contributed by atoms with Crippen LogP contribution >= 0.6 is 0 Å². The van der Waals surface area contributed by atoms with Crippen molar-refractivity contribution in [2.24, 2.45) is 11.8 Å². The highest BCUT2D eigenvalue weighted by atomic mass is 16.2. The molecule has 158 valence electrons. The van der Waals surface area contributed by atoms with Gasteiger partial charge in [0, 0.05) is 0 Å². The summed E-state index contributed by atoms with van der Waals surface area (Å²) < 4.78 is 0. The van der Waals surface area contributed by atoms with Crippen LogP contribution in [0.25, 0.3) is 0 Å². The first-order valence-corrected chi connectivity index (χ1v) is 10.8. The zero-order chi connectivity index (χ0) is 21.2. The molecule has 3 rings (SSSR count). The summed E-state index contributed by atoms with van der Waals surface area (Å²) in [7, 11) is 0. The third kappa shape index (κ3) is 4.16. The Kier molecular flexibility index (Phi) is 6.30. The summed E-state index contributed by atoms with van der Waals surface area (Å²) in [5, 5.41) is 5.93. The molecule has 2 N–H and O–H groups in total. The minimum Gasteiger partial charge on any atom is -0.347 e. The molecule has 3 unspecified atom stereocenters. The number of nitrogens with one attached hydrogen (secondary N) is 2. The van der Waals surface area contributed by atoms with Gasteiger partial charge in [-0.2, -0.15) is 0 Å². The van der Waals surface area contributed by atoms with Crippen LogP contribution in [0.5, 0.6) is 0 Å². The Morgan fingerprint density at radius 2 is 1.93 bits per heavy atom. The van der Waals surface area contributed by atoms with E-state index in [-0.39, 0.29) is 36.2 Å². The lowest BCUT2D eigenvalue weighted by Crippen LogP contribution is -2.54. The maximum Gasteiger partial charge on any atom is 0.325 e. The number of urea groups is 1. The van der Waals surface area contributed by atoms with Crippen molar-refractivity contribution in [1.82, 2.24) is 15.5 Å². The van der Waals surface area contributed by atoms with E-state index < -0.39 is 11.6 Å². The maximum absolute atomic E-state index is 13.1. The van der Waals surface area contributed by atoms with Crippen LogP contribution in [-0.4, -0.2) is 34.8 Å². The van der Waals surface area contributed by atoms with Crippen molar-refractivity contribution in [3.8, 4) is 0 Å². The van der Waals surface area contributed by atoms with E-state index in [9.17, 15) is 14.4 Å². The topological polar surface area (TPSA) is 78.5 Å². The van der Waals surface area contributed by atoms with E-state index in [1.165, 1.54) is 5.56 Å². The predicted molar refractivity (Wildman–Crippen MR) is 112 cm³/mol. The number of aryl methyl sites for hydroxylation is 1. The Hall–Kier alpha value is -2.37. The van der Waals surface area contributed by atoms with Crippen molar-refractivity contribution >= 4 is 17.8 Å². The summed E-state index contributed by atoms with van der Waals surface area (Å²) in [6.07, 6.45) is 4.51. The van der Waals surface area contributed by atoms with E-state index >= 15 is 0 Å². The summed E-state index contributed by atoms with van der Waals surface area (Å²) in [5.74, 6) is -0.300. The van der Waals surface area contributed by atoms with Gasteiger partial charge < -0.3 is 10.6 Å². The lowest BCUT2D eigenvalue weighted by molar-refractivity contribution is -0.137. The van der Waals surface area contributed by atoms with Crippen LogP contribution < -0.4 is 10.6 Å². The fourth-order valence-electron chi connectivity index (χ4n) is 4.60. The predicted octanol–water partition coefficient (Wildman–Crippen LogP) is 3.56. The molecule has 3 atom stereocenters. The number of carbonyl (C=O) groups excluding carboxylic acids is 3. The van der Waals surface area contributed by atoms with Crippen molar-refractivity contribution in [1.29, 1.82) is 0 Å². The average molecular weight is 400 g/mol. The van der Waals surface area contributed by atoms with E-state index in [1.807, 2.05) is 32.9 Å². The number of nitrogens with zero attached hydrogens (tertiary/aromatic N) is 1. The zero-order valence-corrected chi connectivity index (χ0v) is 18.0. The van der Waals surface area contributed by atoms with Crippen molar-refractivity contribution in [2.75, 3.05) is 6.54 Å². The molecule has 6 nitrogen and oxygen atoms in total. The zero-order valence-electron chi connectivity index (χ0n) is 18.0. The third-order valence-corrected chi connectivity index (χ3v) is 6.53. The molecule has 1 saturated carbocycles. The van der Waals surface area contributed by atoms with Crippen LogP contribution in [0.15, 0.2) is 24.3 Å². The molecule has 0 radical (unpaired) electrons. The van der Waals surface area contributed by atoms with Gasteiger partial charge in [-0.25, -0.2) is 4.79 Å². The summed E-state index contributed by atoms with van der Waals surface area (Å²) in [5.41, 5.74) is 1.44. The van der Waals surface area contributed by atoms with Gasteiger partial charge in [0.15, 0.2) is 0 Å². The molecule has 6 heteroatoms. The van der Waals surface area contributed by atoms with E-state index in [0.717, 1.165) is 36.1 Å². The second-order valence-electron chi connectivity index (χ2n) is 8.82. The highest BCUT2D eigenvalue weighted by molar-refractivity contribution is 6.09. The second kappa shape index (κ2) is 8.56. The first-order chi connectivity index (χ1) is 13.8. The molecule has 2 fully saturated rings. The summed E-state index contributed by atoms with van der Waals surface area (Å²) >= 11 is 0. The van der Waals surface area contributed by atoms with Gasteiger partial charge in [0.2, 0.25) is 5.91 Å². The molecule has 1 aliphatic carbocycles. The quantitative estimate of drug-likeness (QED) is 0.718. The smallest absolute Gasteiger partial charge is 0.325 e. The van der Waals surface area contributed by atoms with E-state index in [4.69, 9.17) is 0 Å². The van der Waals surface area contributed by atoms with E-state index in [0.29, 0.717) is 6.42 Å². The number of benzene rings is 1. The second-order valence-corrected chi connectivity index (χ2v) is 8.82. The van der Waals surface area contributed by atoms with Crippen LogP contribution in [0.3, 0.4) is 0 Å². The molecule has 4 amide bonds. The van der Waals surface area contributed by atoms with Gasteiger partial charge in [-0.15, -0.1) is 0 Å². The highest BCUT2D eigenvalue weighted by Gasteiger charge is 2.55. The summed E-state index contributed by atoms with van der Waals surface area (Å²) in [6, 6.07) is 7.60. The Balaban J connectivity index is 1.70. The summed E-state index contributed by atoms with van der Waals surface area (Å²) in [4.78, 5) is 39.4. The number of amides is 4. The van der Waals surface area contributed by atoms with Gasteiger partial charge in [-0.05, 0) is 42.2 Å². The molecule has 1 heterocycles. The van der Waals surface area contributed by atoms with Gasteiger partial charge in [0.25, 0.3) is 5.91 Å². The maximum atomic E-state index is 13.1. The first-order valence-electron chi connectivity index (χ1n) is 10.8. The summed E-state index contributed by atoms with van der Waals surface area (Å²) in [6.45, 7) is 7.97. The lowest BCUT2D eigenvalue weighted by atomic mass is 9.73. The number of imide groups is 1. The Labute approximate surface area is 173 Å². The van der Waals surface area contributed by atoms with Crippen molar-refractivity contribution in [3.63, 3.8) is 0 Å². The minimum atomic E-state index is -0.830. The van der Waals surface area contributed by atoms with Gasteiger partial charge in [-0.1, -0.05) is 64.8 Å². The molecule has 1 spiro atoms. The van der Waals surface area contributed by atoms with Crippen LogP contribution in [-0.2, 0) is 16.0 Å². The first kappa shape index (κ1) is 21.3. The molecular formula is C23H33N3O3. The molecule has 0 aromatic heterocycles. The Morgan fingerprint density at radius 3 is 2.52 bits per heavy atom. The number of hydrogen-bond acceptors (Lipinski definition) is 3. The highest BCUT2D eigenvalue weighted by Crippen LogP contribution is 2.38. The average Bonchev–Trinajstić information content (AvgIpc) is 2.93. The molecular weight excluding hydrogens is 366 g/mol. The van der Waals surface area contributed by atoms with Gasteiger partial charge >= 0.3 is 6.03 Å².